The highest BCUT2D eigenvalue weighted by Gasteiger charge is 2.27. The highest BCUT2D eigenvalue weighted by atomic mass is 16.1. The summed E-state index contributed by atoms with van der Waals surface area (Å²) in [5, 5.41) is 8.57. The van der Waals surface area contributed by atoms with E-state index in [0.29, 0.717) is 0 Å². The minimum atomic E-state index is 0.121. The molecule has 0 bridgehead atoms. The molecule has 118 valence electrons. The van der Waals surface area contributed by atoms with E-state index in [4.69, 9.17) is 4.98 Å². The Hall–Kier alpha value is -2.70. The molecule has 0 radical (unpaired) electrons. The van der Waals surface area contributed by atoms with Crippen molar-refractivity contribution in [3.63, 3.8) is 0 Å². The third-order valence-corrected chi connectivity index (χ3v) is 4.46. The highest BCUT2D eigenvalue weighted by molar-refractivity contribution is 5.80. The summed E-state index contributed by atoms with van der Waals surface area (Å²) in [6.07, 6.45) is 8.39. The predicted molar refractivity (Wildman–Crippen MR) is 86.2 cm³/mol. The molecule has 4 heterocycles. The lowest BCUT2D eigenvalue weighted by molar-refractivity contribution is -0.120. The molecule has 1 unspecified atom stereocenters. The zero-order valence-corrected chi connectivity index (χ0v) is 13.2. The molecular formula is C16H18N6O. The molecule has 1 aliphatic heterocycles. The molecule has 0 spiro atoms. The van der Waals surface area contributed by atoms with Crippen LogP contribution >= 0.6 is 0 Å². The fourth-order valence-electron chi connectivity index (χ4n) is 3.10. The summed E-state index contributed by atoms with van der Waals surface area (Å²) in [4.78, 5) is 18.5. The Morgan fingerprint density at radius 3 is 2.87 bits per heavy atom. The van der Waals surface area contributed by atoms with E-state index >= 15 is 0 Å². The van der Waals surface area contributed by atoms with Crippen LogP contribution < -0.4 is 4.90 Å². The Labute approximate surface area is 133 Å². The maximum absolute atomic E-state index is 11.6. The van der Waals surface area contributed by atoms with Gasteiger partial charge >= 0.3 is 0 Å². The van der Waals surface area contributed by atoms with Crippen LogP contribution in [0.2, 0.25) is 0 Å². The van der Waals surface area contributed by atoms with Gasteiger partial charge in [0.2, 0.25) is 0 Å². The number of anilines is 1. The van der Waals surface area contributed by atoms with E-state index in [2.05, 4.69) is 15.1 Å². The van der Waals surface area contributed by atoms with Crippen LogP contribution in [0.4, 0.5) is 5.82 Å². The number of hydrogen-bond acceptors (Lipinski definition) is 5. The van der Waals surface area contributed by atoms with Crippen molar-refractivity contribution in [1.29, 1.82) is 0 Å². The van der Waals surface area contributed by atoms with Gasteiger partial charge in [0.15, 0.2) is 5.65 Å². The van der Waals surface area contributed by atoms with Gasteiger partial charge in [-0.05, 0) is 19.4 Å². The van der Waals surface area contributed by atoms with E-state index in [1.54, 1.807) is 16.1 Å². The van der Waals surface area contributed by atoms with Crippen LogP contribution in [0.5, 0.6) is 0 Å². The molecule has 7 nitrogen and oxygen atoms in total. The van der Waals surface area contributed by atoms with E-state index < -0.39 is 0 Å². The average Bonchev–Trinajstić information content (AvgIpc) is 3.24. The minimum absolute atomic E-state index is 0.121. The standard InChI is InChI=1S/C16H18N6O/c1-11(23)12-3-5-21(10-12)15-4-6-22-16(19-15)14(8-18-22)13-7-17-20(2)9-13/h4,6-9,12H,3,5,10H2,1-2H3. The van der Waals surface area contributed by atoms with Gasteiger partial charge in [-0.25, -0.2) is 9.50 Å². The number of carbonyl (C=O) groups excluding carboxylic acids is 1. The summed E-state index contributed by atoms with van der Waals surface area (Å²) >= 11 is 0. The van der Waals surface area contributed by atoms with E-state index in [0.717, 1.165) is 42.1 Å². The van der Waals surface area contributed by atoms with Crippen LogP contribution in [0.15, 0.2) is 30.9 Å². The van der Waals surface area contributed by atoms with Crippen LogP contribution in [0.1, 0.15) is 13.3 Å². The molecule has 1 aliphatic rings. The van der Waals surface area contributed by atoms with E-state index in [1.165, 1.54) is 0 Å². The number of nitrogens with zero attached hydrogens (tertiary/aromatic N) is 6. The van der Waals surface area contributed by atoms with E-state index in [-0.39, 0.29) is 11.7 Å². The Morgan fingerprint density at radius 2 is 2.17 bits per heavy atom. The van der Waals surface area contributed by atoms with Crippen molar-refractivity contribution in [1.82, 2.24) is 24.4 Å². The summed E-state index contributed by atoms with van der Waals surface area (Å²) in [5.74, 6) is 1.27. The summed E-state index contributed by atoms with van der Waals surface area (Å²) < 4.78 is 3.53. The number of Topliss-reactive ketones (excluding diaryl/α,β-unsaturated/α-hetero) is 1. The van der Waals surface area contributed by atoms with Crippen molar-refractivity contribution in [2.75, 3.05) is 18.0 Å². The van der Waals surface area contributed by atoms with E-state index in [1.807, 2.05) is 37.9 Å². The van der Waals surface area contributed by atoms with Crippen molar-refractivity contribution >= 4 is 17.2 Å². The number of fused-ring (bicyclic) bond motifs is 1. The lowest BCUT2D eigenvalue weighted by atomic mass is 10.1. The Bertz CT molecular complexity index is 880. The molecular weight excluding hydrogens is 292 g/mol. The average molecular weight is 310 g/mol. The number of aryl methyl sites for hydroxylation is 1. The lowest BCUT2D eigenvalue weighted by Crippen LogP contribution is -2.22. The first-order valence-corrected chi connectivity index (χ1v) is 7.70. The second kappa shape index (κ2) is 5.19. The zero-order valence-electron chi connectivity index (χ0n) is 13.2. The second-order valence-electron chi connectivity index (χ2n) is 6.06. The Morgan fingerprint density at radius 1 is 1.30 bits per heavy atom. The van der Waals surface area contributed by atoms with Crippen molar-refractivity contribution in [2.45, 2.75) is 13.3 Å². The lowest BCUT2D eigenvalue weighted by Gasteiger charge is -2.17. The molecule has 3 aromatic heterocycles. The van der Waals surface area contributed by atoms with Crippen molar-refractivity contribution in [2.24, 2.45) is 13.0 Å². The van der Waals surface area contributed by atoms with Gasteiger partial charge < -0.3 is 4.90 Å². The van der Waals surface area contributed by atoms with Gasteiger partial charge in [0, 0.05) is 49.6 Å². The summed E-state index contributed by atoms with van der Waals surface area (Å²) in [5.41, 5.74) is 2.76. The van der Waals surface area contributed by atoms with Crippen molar-refractivity contribution in [3.05, 3.63) is 30.9 Å². The van der Waals surface area contributed by atoms with Crippen LogP contribution in [-0.2, 0) is 11.8 Å². The monoisotopic (exact) mass is 310 g/mol. The fraction of sp³-hybridized carbons (Fsp3) is 0.375. The van der Waals surface area contributed by atoms with Crippen LogP contribution in [0.3, 0.4) is 0 Å². The molecule has 0 aliphatic carbocycles. The molecule has 23 heavy (non-hydrogen) atoms. The van der Waals surface area contributed by atoms with Gasteiger partial charge in [0.05, 0.1) is 12.4 Å². The van der Waals surface area contributed by atoms with E-state index in [9.17, 15) is 4.79 Å². The van der Waals surface area contributed by atoms with Gasteiger partial charge in [-0.2, -0.15) is 10.2 Å². The molecule has 4 rings (SSSR count). The number of carbonyl (C=O) groups is 1. The molecule has 0 amide bonds. The second-order valence-corrected chi connectivity index (χ2v) is 6.06. The Balaban J connectivity index is 1.71. The third kappa shape index (κ3) is 2.38. The first kappa shape index (κ1) is 13.9. The third-order valence-electron chi connectivity index (χ3n) is 4.46. The van der Waals surface area contributed by atoms with Gasteiger partial charge in [0.25, 0.3) is 0 Å². The number of hydrogen-bond donors (Lipinski definition) is 0. The van der Waals surface area contributed by atoms with Gasteiger partial charge in [0.1, 0.15) is 11.6 Å². The van der Waals surface area contributed by atoms with Gasteiger partial charge in [-0.15, -0.1) is 0 Å². The summed E-state index contributed by atoms with van der Waals surface area (Å²) in [7, 11) is 1.89. The normalized spacial score (nSPS) is 18.0. The number of rotatable bonds is 3. The Kier molecular flexibility index (Phi) is 3.14. The fourth-order valence-corrected chi connectivity index (χ4v) is 3.10. The molecule has 0 aromatic carbocycles. The van der Waals surface area contributed by atoms with Gasteiger partial charge in [-0.3, -0.25) is 9.48 Å². The quantitative estimate of drug-likeness (QED) is 0.734. The first-order valence-electron chi connectivity index (χ1n) is 7.70. The van der Waals surface area contributed by atoms with Crippen LogP contribution in [0, 0.1) is 5.92 Å². The van der Waals surface area contributed by atoms with Crippen molar-refractivity contribution in [3.8, 4) is 11.1 Å². The van der Waals surface area contributed by atoms with Crippen molar-refractivity contribution < 1.29 is 4.79 Å². The molecule has 1 fully saturated rings. The topological polar surface area (TPSA) is 68.3 Å². The molecule has 0 saturated carbocycles. The molecule has 7 heteroatoms. The smallest absolute Gasteiger partial charge is 0.165 e. The van der Waals surface area contributed by atoms with Gasteiger partial charge in [-0.1, -0.05) is 0 Å². The molecule has 1 atom stereocenters. The number of aromatic nitrogens is 5. The summed E-state index contributed by atoms with van der Waals surface area (Å²) in [6.45, 7) is 3.28. The molecule has 0 N–H and O–H groups in total. The highest BCUT2D eigenvalue weighted by Crippen LogP contribution is 2.27. The SMILES string of the molecule is CC(=O)C1CCN(c2ccn3ncc(-c4cnn(C)c4)c3n2)C1. The number of ketones is 1. The zero-order chi connectivity index (χ0) is 16.0. The largest absolute Gasteiger partial charge is 0.356 e. The van der Waals surface area contributed by atoms with Crippen LogP contribution in [0.25, 0.3) is 16.8 Å². The minimum Gasteiger partial charge on any atom is -0.356 e. The molecule has 3 aromatic rings. The molecule has 1 saturated heterocycles. The maximum Gasteiger partial charge on any atom is 0.165 e. The predicted octanol–water partition coefficient (Wildman–Crippen LogP) is 1.55. The van der Waals surface area contributed by atoms with Crippen LogP contribution in [-0.4, -0.2) is 43.3 Å². The summed E-state index contributed by atoms with van der Waals surface area (Å²) in [6, 6.07) is 1.95. The first-order chi connectivity index (χ1) is 11.1. The maximum atomic E-state index is 11.6.